The number of aliphatic hydroxyl groups is 1. The Morgan fingerprint density at radius 1 is 1.82 bits per heavy atom. The van der Waals surface area contributed by atoms with Crippen LogP contribution >= 0.6 is 11.3 Å². The summed E-state index contributed by atoms with van der Waals surface area (Å²) in [6.45, 7) is 7.13. The molecule has 0 saturated heterocycles. The molecule has 6 heteroatoms. The molecule has 1 aromatic heterocycles. The molecule has 0 bridgehead atoms. The van der Waals surface area contributed by atoms with Crippen LogP contribution in [0.4, 0.5) is 9.93 Å². The van der Waals surface area contributed by atoms with Crippen molar-refractivity contribution in [2.45, 2.75) is 25.9 Å². The van der Waals surface area contributed by atoms with Crippen molar-refractivity contribution in [1.29, 1.82) is 0 Å². The van der Waals surface area contributed by atoms with Crippen LogP contribution in [-0.2, 0) is 10.3 Å². The Balaban J connectivity index is 2.63. The number of amides is 1. The zero-order valence-corrected chi connectivity index (χ0v) is 10.7. The Hall–Kier alpha value is -1.40. The second-order valence-electron chi connectivity index (χ2n) is 3.68. The lowest BCUT2D eigenvalue weighted by molar-refractivity contribution is 0.0492. The number of nitrogens with one attached hydrogen (secondary N) is 1. The van der Waals surface area contributed by atoms with Gasteiger partial charge in [0.05, 0.1) is 5.69 Å². The van der Waals surface area contributed by atoms with Gasteiger partial charge in [0.1, 0.15) is 12.2 Å². The van der Waals surface area contributed by atoms with Crippen molar-refractivity contribution in [1.82, 2.24) is 4.98 Å². The summed E-state index contributed by atoms with van der Waals surface area (Å²) in [6.07, 6.45) is 1.45. The number of carbonyl (C=O) groups is 1. The quantitative estimate of drug-likeness (QED) is 0.794. The fraction of sp³-hybridized carbons (Fsp3) is 0.455. The molecule has 5 nitrogen and oxygen atoms in total. The first-order valence-electron chi connectivity index (χ1n) is 5.22. The maximum absolute atomic E-state index is 11.2. The first-order chi connectivity index (χ1) is 7.99. The van der Waals surface area contributed by atoms with Crippen molar-refractivity contribution in [3.63, 3.8) is 0 Å². The normalized spacial score (nSPS) is 13.8. The zero-order chi connectivity index (χ0) is 12.9. The smallest absolute Gasteiger partial charge is 0.413 e. The average Bonchev–Trinajstić information content (AvgIpc) is 2.75. The van der Waals surface area contributed by atoms with Gasteiger partial charge in [-0.2, -0.15) is 0 Å². The van der Waals surface area contributed by atoms with Gasteiger partial charge in [0.25, 0.3) is 0 Å². The number of hydrogen-bond donors (Lipinski definition) is 2. The highest BCUT2D eigenvalue weighted by Crippen LogP contribution is 2.27. The van der Waals surface area contributed by atoms with Gasteiger partial charge in [-0.3, -0.25) is 5.32 Å². The van der Waals surface area contributed by atoms with E-state index in [0.717, 1.165) is 0 Å². The van der Waals surface area contributed by atoms with Crippen LogP contribution in [-0.4, -0.2) is 22.8 Å². The maximum Gasteiger partial charge on any atom is 0.413 e. The van der Waals surface area contributed by atoms with Gasteiger partial charge in [-0.15, -0.1) is 11.3 Å². The van der Waals surface area contributed by atoms with Gasteiger partial charge >= 0.3 is 6.09 Å². The van der Waals surface area contributed by atoms with Gasteiger partial charge in [0, 0.05) is 5.38 Å². The molecule has 0 radical (unpaired) electrons. The van der Waals surface area contributed by atoms with Crippen LogP contribution in [0.1, 0.15) is 26.0 Å². The van der Waals surface area contributed by atoms with Crippen LogP contribution in [0.15, 0.2) is 18.0 Å². The highest BCUT2D eigenvalue weighted by Gasteiger charge is 2.24. The van der Waals surface area contributed by atoms with E-state index in [-0.39, 0.29) is 6.61 Å². The molecule has 0 aliphatic heterocycles. The Kier molecular flexibility index (Phi) is 4.65. The van der Waals surface area contributed by atoms with Gasteiger partial charge in [0.15, 0.2) is 5.13 Å². The Bertz CT molecular complexity index is 401. The van der Waals surface area contributed by atoms with Gasteiger partial charge in [-0.1, -0.05) is 19.6 Å². The second kappa shape index (κ2) is 5.79. The van der Waals surface area contributed by atoms with E-state index < -0.39 is 11.7 Å². The molecule has 1 rings (SSSR count). The van der Waals surface area contributed by atoms with E-state index in [4.69, 9.17) is 4.74 Å². The minimum atomic E-state index is -0.971. The molecule has 94 valence electrons. The summed E-state index contributed by atoms with van der Waals surface area (Å²) in [6, 6.07) is 0. The van der Waals surface area contributed by atoms with E-state index in [0.29, 0.717) is 17.2 Å². The first kappa shape index (κ1) is 13.7. The molecule has 0 fully saturated rings. The third-order valence-electron chi connectivity index (χ3n) is 2.29. The minimum Gasteiger partial charge on any atom is -0.445 e. The molecule has 2 N–H and O–H groups in total. The molecule has 0 aliphatic carbocycles. The number of ether oxygens (including phenoxy) is 1. The van der Waals surface area contributed by atoms with Crippen LogP contribution in [0.2, 0.25) is 0 Å². The first-order valence-corrected chi connectivity index (χ1v) is 6.10. The number of nitrogens with zero attached hydrogens (tertiary/aromatic N) is 1. The van der Waals surface area contributed by atoms with Crippen molar-refractivity contribution >= 4 is 22.6 Å². The number of anilines is 1. The lowest BCUT2D eigenvalue weighted by atomic mass is 10.0. The number of hydrogen-bond acceptors (Lipinski definition) is 5. The SMILES string of the molecule is C=CCOC(=O)Nc1nc(C(C)(O)CC)cs1. The zero-order valence-electron chi connectivity index (χ0n) is 9.90. The predicted octanol–water partition coefficient (Wildman–Crippen LogP) is 2.50. The third-order valence-corrected chi connectivity index (χ3v) is 3.04. The van der Waals surface area contributed by atoms with Crippen LogP contribution in [0.25, 0.3) is 0 Å². The van der Waals surface area contributed by atoms with E-state index in [1.807, 2.05) is 6.92 Å². The molecule has 1 aromatic rings. The standard InChI is InChI=1S/C11H16N2O3S/c1-4-6-16-10(14)13-9-12-8(7-17-9)11(3,15)5-2/h4,7,15H,1,5-6H2,2-3H3,(H,12,13,14). The van der Waals surface area contributed by atoms with Crippen molar-refractivity contribution in [2.24, 2.45) is 0 Å². The minimum absolute atomic E-state index is 0.150. The molecular weight excluding hydrogens is 240 g/mol. The van der Waals surface area contributed by atoms with Crippen molar-refractivity contribution < 1.29 is 14.6 Å². The number of carbonyl (C=O) groups excluding carboxylic acids is 1. The van der Waals surface area contributed by atoms with Crippen LogP contribution in [0.3, 0.4) is 0 Å². The van der Waals surface area contributed by atoms with Gasteiger partial charge in [-0.25, -0.2) is 9.78 Å². The third kappa shape index (κ3) is 3.83. The monoisotopic (exact) mass is 256 g/mol. The average molecular weight is 256 g/mol. The highest BCUT2D eigenvalue weighted by molar-refractivity contribution is 7.13. The summed E-state index contributed by atoms with van der Waals surface area (Å²) in [5.41, 5.74) is -0.425. The fourth-order valence-corrected chi connectivity index (χ4v) is 1.84. The molecule has 1 atom stereocenters. The topological polar surface area (TPSA) is 71.5 Å². The highest BCUT2D eigenvalue weighted by atomic mass is 32.1. The van der Waals surface area contributed by atoms with Gasteiger partial charge in [-0.05, 0) is 13.3 Å². The summed E-state index contributed by atoms with van der Waals surface area (Å²) >= 11 is 1.24. The summed E-state index contributed by atoms with van der Waals surface area (Å²) in [5.74, 6) is 0. The maximum atomic E-state index is 11.2. The number of thiazole rings is 1. The van der Waals surface area contributed by atoms with E-state index in [1.165, 1.54) is 17.4 Å². The van der Waals surface area contributed by atoms with E-state index >= 15 is 0 Å². The van der Waals surface area contributed by atoms with Crippen LogP contribution < -0.4 is 5.32 Å². The summed E-state index contributed by atoms with van der Waals surface area (Å²) in [4.78, 5) is 15.4. The summed E-state index contributed by atoms with van der Waals surface area (Å²) in [7, 11) is 0. The van der Waals surface area contributed by atoms with Crippen molar-refractivity contribution in [3.8, 4) is 0 Å². The number of rotatable bonds is 5. The Morgan fingerprint density at radius 3 is 3.12 bits per heavy atom. The van der Waals surface area contributed by atoms with Crippen molar-refractivity contribution in [2.75, 3.05) is 11.9 Å². The second-order valence-corrected chi connectivity index (χ2v) is 4.54. The summed E-state index contributed by atoms with van der Waals surface area (Å²) < 4.78 is 4.75. The van der Waals surface area contributed by atoms with Crippen molar-refractivity contribution in [3.05, 3.63) is 23.7 Å². The molecule has 17 heavy (non-hydrogen) atoms. The summed E-state index contributed by atoms with van der Waals surface area (Å²) in [5, 5.41) is 14.6. The molecule has 1 amide bonds. The Labute approximate surface area is 104 Å². The lowest BCUT2D eigenvalue weighted by Gasteiger charge is -2.17. The lowest BCUT2D eigenvalue weighted by Crippen LogP contribution is -2.20. The molecule has 0 spiro atoms. The molecule has 0 saturated carbocycles. The van der Waals surface area contributed by atoms with E-state index in [2.05, 4.69) is 16.9 Å². The van der Waals surface area contributed by atoms with E-state index in [1.54, 1.807) is 12.3 Å². The molecule has 1 heterocycles. The van der Waals surface area contributed by atoms with Crippen LogP contribution in [0, 0.1) is 0 Å². The molecule has 0 aliphatic rings. The van der Waals surface area contributed by atoms with E-state index in [9.17, 15) is 9.90 Å². The molecule has 0 aromatic carbocycles. The van der Waals surface area contributed by atoms with Crippen LogP contribution in [0.5, 0.6) is 0 Å². The largest absolute Gasteiger partial charge is 0.445 e. The molecule has 1 unspecified atom stereocenters. The van der Waals surface area contributed by atoms with Gasteiger partial charge < -0.3 is 9.84 Å². The fourth-order valence-electron chi connectivity index (χ4n) is 1.02. The predicted molar refractivity (Wildman–Crippen MR) is 67.1 cm³/mol. The Morgan fingerprint density at radius 2 is 2.53 bits per heavy atom. The van der Waals surface area contributed by atoms with Gasteiger partial charge in [0.2, 0.25) is 0 Å². The number of aromatic nitrogens is 1. The molecular formula is C11H16N2O3S.